The van der Waals surface area contributed by atoms with Crippen molar-refractivity contribution in [1.82, 2.24) is 24.8 Å². The summed E-state index contributed by atoms with van der Waals surface area (Å²) in [7, 11) is 0. The molecule has 1 aliphatic rings. The van der Waals surface area contributed by atoms with Crippen molar-refractivity contribution in [2.75, 3.05) is 39.5 Å². The van der Waals surface area contributed by atoms with Crippen LogP contribution in [-0.4, -0.2) is 64.3 Å². The maximum atomic E-state index is 6.21. The molecule has 200 valence electrons. The van der Waals surface area contributed by atoms with Gasteiger partial charge in [0, 0.05) is 50.3 Å². The van der Waals surface area contributed by atoms with E-state index in [0.29, 0.717) is 13.0 Å². The van der Waals surface area contributed by atoms with E-state index < -0.39 is 0 Å². The Morgan fingerprint density at radius 3 is 2.74 bits per heavy atom. The molecule has 2 aromatic carbocycles. The van der Waals surface area contributed by atoms with Gasteiger partial charge in [-0.1, -0.05) is 30.3 Å². The summed E-state index contributed by atoms with van der Waals surface area (Å²) in [6.45, 7) is 9.21. The highest BCUT2D eigenvalue weighted by atomic mass is 16.5. The van der Waals surface area contributed by atoms with Crippen LogP contribution < -0.4 is 4.74 Å². The summed E-state index contributed by atoms with van der Waals surface area (Å²) in [5.74, 6) is 1.81. The standard InChI is InChI=1S/C32H33N5O2.H2/c1-22-8-9-24(19-29(22)39-18-15-37-13-16-38-17-14-37)20-30-35-31(32(36-30)28-7-3-5-23(2)34-28)26-10-11-27-25(21-26)6-4-12-33-27;/h3-12,19,21H,13-18,20H2,1-2H3,(H,35,36);1H. The van der Waals surface area contributed by atoms with Crippen molar-refractivity contribution in [3.05, 3.63) is 95.6 Å². The third-order valence-corrected chi connectivity index (χ3v) is 7.17. The Kier molecular flexibility index (Phi) is 7.34. The lowest BCUT2D eigenvalue weighted by Gasteiger charge is -2.26. The number of imidazole rings is 1. The minimum Gasteiger partial charge on any atom is -0.492 e. The molecule has 0 spiro atoms. The van der Waals surface area contributed by atoms with Gasteiger partial charge in [-0.3, -0.25) is 14.9 Å². The molecule has 0 bridgehead atoms. The minimum absolute atomic E-state index is 0. The Bertz CT molecular complexity index is 1600. The van der Waals surface area contributed by atoms with Crippen molar-refractivity contribution >= 4 is 10.9 Å². The average Bonchev–Trinajstić information content (AvgIpc) is 3.39. The average molecular weight is 522 g/mol. The Balaban J connectivity index is 0.00000323. The van der Waals surface area contributed by atoms with Crippen LogP contribution >= 0.6 is 0 Å². The highest BCUT2D eigenvalue weighted by Crippen LogP contribution is 2.32. The van der Waals surface area contributed by atoms with Crippen LogP contribution in [0.1, 0.15) is 24.1 Å². The fourth-order valence-corrected chi connectivity index (χ4v) is 5.02. The lowest BCUT2D eigenvalue weighted by molar-refractivity contribution is 0.0322. The Morgan fingerprint density at radius 1 is 0.974 bits per heavy atom. The highest BCUT2D eigenvalue weighted by Gasteiger charge is 2.17. The molecule has 7 heteroatoms. The molecule has 0 aliphatic carbocycles. The van der Waals surface area contributed by atoms with Gasteiger partial charge in [0.25, 0.3) is 0 Å². The third kappa shape index (κ3) is 5.85. The Hall–Kier alpha value is -4.07. The molecular formula is C32H35N5O2. The first-order valence-corrected chi connectivity index (χ1v) is 13.5. The van der Waals surface area contributed by atoms with Crippen LogP contribution in [0.2, 0.25) is 0 Å². The number of morpholine rings is 1. The number of fused-ring (bicyclic) bond motifs is 1. The summed E-state index contributed by atoms with van der Waals surface area (Å²) in [6, 6.07) is 22.8. The SMILES string of the molecule is Cc1cccc(-c2[nH]c(Cc3ccc(C)c(OCCN4CCOCC4)c3)nc2-c2ccc3ncccc3c2)n1.[HH]. The largest absolute Gasteiger partial charge is 0.492 e. The van der Waals surface area contributed by atoms with E-state index in [-0.39, 0.29) is 1.43 Å². The summed E-state index contributed by atoms with van der Waals surface area (Å²) >= 11 is 0. The molecular weight excluding hydrogens is 486 g/mol. The van der Waals surface area contributed by atoms with E-state index in [4.69, 9.17) is 19.4 Å². The monoisotopic (exact) mass is 521 g/mol. The molecule has 0 amide bonds. The smallest absolute Gasteiger partial charge is 0.122 e. The van der Waals surface area contributed by atoms with Gasteiger partial charge in [-0.05, 0) is 61.4 Å². The van der Waals surface area contributed by atoms with E-state index in [1.54, 1.807) is 0 Å². The second kappa shape index (κ2) is 11.4. The summed E-state index contributed by atoms with van der Waals surface area (Å²) < 4.78 is 11.7. The fourth-order valence-electron chi connectivity index (χ4n) is 5.02. The quantitative estimate of drug-likeness (QED) is 0.276. The summed E-state index contributed by atoms with van der Waals surface area (Å²) in [4.78, 5) is 20.3. The highest BCUT2D eigenvalue weighted by molar-refractivity contribution is 5.86. The molecule has 1 aliphatic heterocycles. The Morgan fingerprint density at radius 2 is 1.87 bits per heavy atom. The lowest BCUT2D eigenvalue weighted by Crippen LogP contribution is -2.38. The van der Waals surface area contributed by atoms with E-state index in [2.05, 4.69) is 58.2 Å². The molecule has 0 unspecified atom stereocenters. The molecule has 1 fully saturated rings. The number of pyridine rings is 2. The molecule has 0 radical (unpaired) electrons. The zero-order valence-electron chi connectivity index (χ0n) is 22.5. The van der Waals surface area contributed by atoms with Gasteiger partial charge < -0.3 is 14.5 Å². The fraction of sp³-hybridized carbons (Fsp3) is 0.281. The van der Waals surface area contributed by atoms with Gasteiger partial charge in [0.05, 0.1) is 35.8 Å². The number of aromatic nitrogens is 4. The maximum Gasteiger partial charge on any atom is 0.122 e. The number of hydrogen-bond donors (Lipinski definition) is 1. The van der Waals surface area contributed by atoms with E-state index >= 15 is 0 Å². The van der Waals surface area contributed by atoms with E-state index in [0.717, 1.165) is 94.8 Å². The molecule has 39 heavy (non-hydrogen) atoms. The molecule has 4 heterocycles. The van der Waals surface area contributed by atoms with Gasteiger partial charge in [0.2, 0.25) is 0 Å². The summed E-state index contributed by atoms with van der Waals surface area (Å²) in [5, 5.41) is 1.08. The van der Waals surface area contributed by atoms with Crippen LogP contribution in [0.15, 0.2) is 72.9 Å². The maximum absolute atomic E-state index is 6.21. The van der Waals surface area contributed by atoms with Gasteiger partial charge in [-0.2, -0.15) is 0 Å². The predicted molar refractivity (Wildman–Crippen MR) is 156 cm³/mol. The van der Waals surface area contributed by atoms with Gasteiger partial charge in [-0.25, -0.2) is 4.98 Å². The van der Waals surface area contributed by atoms with Gasteiger partial charge in [0.1, 0.15) is 18.2 Å². The molecule has 6 rings (SSSR count). The molecule has 0 saturated carbocycles. The first-order chi connectivity index (χ1) is 19.1. The summed E-state index contributed by atoms with van der Waals surface area (Å²) in [6.07, 6.45) is 2.48. The number of nitrogens with one attached hydrogen (secondary N) is 1. The number of ether oxygens (including phenoxy) is 2. The second-order valence-corrected chi connectivity index (χ2v) is 10.1. The van der Waals surface area contributed by atoms with Crippen molar-refractivity contribution in [1.29, 1.82) is 0 Å². The first-order valence-electron chi connectivity index (χ1n) is 13.5. The van der Waals surface area contributed by atoms with Crippen molar-refractivity contribution in [3.63, 3.8) is 0 Å². The summed E-state index contributed by atoms with van der Waals surface area (Å²) in [5.41, 5.74) is 7.94. The van der Waals surface area contributed by atoms with Crippen LogP contribution in [-0.2, 0) is 11.2 Å². The van der Waals surface area contributed by atoms with Crippen molar-refractivity contribution in [2.24, 2.45) is 0 Å². The number of rotatable bonds is 8. The van der Waals surface area contributed by atoms with Crippen LogP contribution in [0.5, 0.6) is 5.75 Å². The van der Waals surface area contributed by atoms with Crippen molar-refractivity contribution in [2.45, 2.75) is 20.3 Å². The zero-order chi connectivity index (χ0) is 26.6. The minimum atomic E-state index is 0. The van der Waals surface area contributed by atoms with E-state index in [1.807, 2.05) is 43.5 Å². The number of aryl methyl sites for hydroxylation is 2. The van der Waals surface area contributed by atoms with Crippen molar-refractivity contribution < 1.29 is 10.9 Å². The number of H-pyrrole nitrogens is 1. The molecule has 1 N–H and O–H groups in total. The van der Waals surface area contributed by atoms with Crippen LogP contribution in [0.4, 0.5) is 0 Å². The molecule has 3 aromatic heterocycles. The number of hydrogen-bond acceptors (Lipinski definition) is 6. The van der Waals surface area contributed by atoms with Crippen LogP contribution in [0.25, 0.3) is 33.5 Å². The Labute approximate surface area is 230 Å². The topological polar surface area (TPSA) is 76.2 Å². The van der Waals surface area contributed by atoms with Gasteiger partial charge >= 0.3 is 0 Å². The van der Waals surface area contributed by atoms with Crippen LogP contribution in [0.3, 0.4) is 0 Å². The normalized spacial score (nSPS) is 14.1. The first kappa shape index (κ1) is 25.2. The van der Waals surface area contributed by atoms with Gasteiger partial charge in [-0.15, -0.1) is 0 Å². The van der Waals surface area contributed by atoms with Gasteiger partial charge in [0.15, 0.2) is 0 Å². The number of benzene rings is 2. The molecule has 0 atom stereocenters. The molecule has 5 aromatic rings. The zero-order valence-corrected chi connectivity index (χ0v) is 22.5. The number of nitrogens with zero attached hydrogens (tertiary/aromatic N) is 4. The predicted octanol–water partition coefficient (Wildman–Crippen LogP) is 5.85. The number of aromatic amines is 1. The molecule has 7 nitrogen and oxygen atoms in total. The third-order valence-electron chi connectivity index (χ3n) is 7.17. The van der Waals surface area contributed by atoms with Crippen LogP contribution in [0, 0.1) is 13.8 Å². The van der Waals surface area contributed by atoms with E-state index in [9.17, 15) is 0 Å². The van der Waals surface area contributed by atoms with E-state index in [1.165, 1.54) is 0 Å². The lowest BCUT2D eigenvalue weighted by atomic mass is 10.1. The molecule has 1 saturated heterocycles. The second-order valence-electron chi connectivity index (χ2n) is 10.1. The van der Waals surface area contributed by atoms with Crippen molar-refractivity contribution in [3.8, 4) is 28.4 Å².